The summed E-state index contributed by atoms with van der Waals surface area (Å²) < 4.78 is 0. The van der Waals surface area contributed by atoms with E-state index in [0.717, 1.165) is 38.8 Å². The first kappa shape index (κ1) is 11.9. The van der Waals surface area contributed by atoms with Gasteiger partial charge in [-0.2, -0.15) is 0 Å². The minimum absolute atomic E-state index is 0.152. The van der Waals surface area contributed by atoms with Crippen molar-refractivity contribution in [1.29, 1.82) is 0 Å². The molecule has 2 N–H and O–H groups in total. The molecule has 0 aromatic rings. The van der Waals surface area contributed by atoms with E-state index < -0.39 is 5.54 Å². The molecule has 0 spiro atoms. The van der Waals surface area contributed by atoms with Gasteiger partial charge in [0.25, 0.3) is 0 Å². The maximum atomic E-state index is 12.2. The van der Waals surface area contributed by atoms with Crippen LogP contribution in [0.1, 0.15) is 32.1 Å². The highest BCUT2D eigenvalue weighted by molar-refractivity contribution is 5.87. The Bertz CT molecular complexity index is 275. The van der Waals surface area contributed by atoms with Gasteiger partial charge in [-0.25, -0.2) is 0 Å². The third-order valence-electron chi connectivity index (χ3n) is 4.14. The van der Waals surface area contributed by atoms with Crippen molar-refractivity contribution in [2.75, 3.05) is 27.2 Å². The lowest BCUT2D eigenvalue weighted by molar-refractivity contribution is -0.141. The number of amides is 1. The molecule has 92 valence electrons. The van der Waals surface area contributed by atoms with Crippen LogP contribution >= 0.6 is 0 Å². The average molecular weight is 225 g/mol. The molecule has 16 heavy (non-hydrogen) atoms. The second kappa shape index (κ2) is 4.34. The molecule has 1 aliphatic carbocycles. The van der Waals surface area contributed by atoms with E-state index in [1.54, 1.807) is 0 Å². The average Bonchev–Trinajstić information content (AvgIpc) is 2.24. The first-order valence-corrected chi connectivity index (χ1v) is 6.28. The van der Waals surface area contributed by atoms with Crippen molar-refractivity contribution in [2.45, 2.75) is 43.7 Å². The monoisotopic (exact) mass is 225 g/mol. The second-order valence-electron chi connectivity index (χ2n) is 5.48. The van der Waals surface area contributed by atoms with Gasteiger partial charge in [0.05, 0.1) is 5.54 Å². The molecule has 1 saturated carbocycles. The summed E-state index contributed by atoms with van der Waals surface area (Å²) in [7, 11) is 4.03. The number of likely N-dealkylation sites (N-methyl/N-ethyl adjacent to an activating group) is 2. The van der Waals surface area contributed by atoms with Crippen LogP contribution in [0.5, 0.6) is 0 Å². The van der Waals surface area contributed by atoms with Crippen molar-refractivity contribution in [3.8, 4) is 0 Å². The Labute approximate surface area is 97.8 Å². The molecule has 4 nitrogen and oxygen atoms in total. The van der Waals surface area contributed by atoms with E-state index in [-0.39, 0.29) is 5.91 Å². The molecule has 2 aliphatic rings. The standard InChI is InChI=1S/C12H23N3O/c1-14-8-3-5-10(9-14)15(2)11(16)12(13)6-4-7-12/h10H,3-9,13H2,1-2H3. The zero-order valence-electron chi connectivity index (χ0n) is 10.4. The lowest BCUT2D eigenvalue weighted by Crippen LogP contribution is -2.61. The quantitative estimate of drug-likeness (QED) is 0.741. The van der Waals surface area contributed by atoms with Crippen LogP contribution in [0.15, 0.2) is 0 Å². The highest BCUT2D eigenvalue weighted by atomic mass is 16.2. The van der Waals surface area contributed by atoms with Crippen LogP contribution in [-0.4, -0.2) is 54.5 Å². The van der Waals surface area contributed by atoms with Crippen LogP contribution in [-0.2, 0) is 4.79 Å². The first-order chi connectivity index (χ1) is 7.53. The number of likely N-dealkylation sites (tertiary alicyclic amines) is 1. The molecule has 1 unspecified atom stereocenters. The molecule has 4 heteroatoms. The summed E-state index contributed by atoms with van der Waals surface area (Å²) in [6.45, 7) is 2.13. The fourth-order valence-electron chi connectivity index (χ4n) is 2.74. The Morgan fingerprint density at radius 1 is 1.44 bits per heavy atom. The normalized spacial score (nSPS) is 29.6. The lowest BCUT2D eigenvalue weighted by atomic mass is 9.76. The molecule has 0 radical (unpaired) electrons. The van der Waals surface area contributed by atoms with Crippen LogP contribution < -0.4 is 5.73 Å². The summed E-state index contributed by atoms with van der Waals surface area (Å²) in [4.78, 5) is 16.4. The molecule has 1 atom stereocenters. The van der Waals surface area contributed by atoms with Gasteiger partial charge in [-0.1, -0.05) is 0 Å². The van der Waals surface area contributed by atoms with E-state index in [1.807, 2.05) is 11.9 Å². The smallest absolute Gasteiger partial charge is 0.242 e. The number of hydrogen-bond donors (Lipinski definition) is 1. The van der Waals surface area contributed by atoms with E-state index in [4.69, 9.17) is 5.73 Å². The van der Waals surface area contributed by atoms with Gasteiger partial charge in [-0.15, -0.1) is 0 Å². The third kappa shape index (κ3) is 2.09. The van der Waals surface area contributed by atoms with E-state index in [2.05, 4.69) is 11.9 Å². The molecule has 1 aliphatic heterocycles. The molecular weight excluding hydrogens is 202 g/mol. The van der Waals surface area contributed by atoms with Gasteiger partial charge in [0.1, 0.15) is 0 Å². The number of piperidine rings is 1. The van der Waals surface area contributed by atoms with Gasteiger partial charge in [0.2, 0.25) is 5.91 Å². The number of nitrogens with zero attached hydrogens (tertiary/aromatic N) is 2. The zero-order chi connectivity index (χ0) is 11.8. The molecule has 2 rings (SSSR count). The van der Waals surface area contributed by atoms with Crippen LogP contribution in [0, 0.1) is 0 Å². The number of carbonyl (C=O) groups is 1. The van der Waals surface area contributed by atoms with Crippen molar-refractivity contribution < 1.29 is 4.79 Å². The number of carbonyl (C=O) groups excluding carboxylic acids is 1. The van der Waals surface area contributed by atoms with E-state index in [0.29, 0.717) is 6.04 Å². The maximum absolute atomic E-state index is 12.2. The van der Waals surface area contributed by atoms with Crippen LogP contribution in [0.3, 0.4) is 0 Å². The zero-order valence-corrected chi connectivity index (χ0v) is 10.4. The van der Waals surface area contributed by atoms with Crippen molar-refractivity contribution >= 4 is 5.91 Å². The van der Waals surface area contributed by atoms with Crippen molar-refractivity contribution in [3.63, 3.8) is 0 Å². The lowest BCUT2D eigenvalue weighted by Gasteiger charge is -2.43. The van der Waals surface area contributed by atoms with E-state index in [9.17, 15) is 4.79 Å². The highest BCUT2D eigenvalue weighted by Crippen LogP contribution is 2.31. The predicted octanol–water partition coefficient (Wildman–Crippen LogP) is 0.420. The summed E-state index contributed by atoms with van der Waals surface area (Å²) in [5, 5.41) is 0. The fraction of sp³-hybridized carbons (Fsp3) is 0.917. The molecule has 2 fully saturated rings. The van der Waals surface area contributed by atoms with Gasteiger partial charge in [-0.05, 0) is 45.7 Å². The molecule has 0 aromatic carbocycles. The fourth-order valence-corrected chi connectivity index (χ4v) is 2.74. The summed E-state index contributed by atoms with van der Waals surface area (Å²) in [5.41, 5.74) is 5.55. The van der Waals surface area contributed by atoms with Gasteiger partial charge < -0.3 is 15.5 Å². The SMILES string of the molecule is CN1CCCC(N(C)C(=O)C2(N)CCC2)C1. The summed E-state index contributed by atoms with van der Waals surface area (Å²) in [5.74, 6) is 0.152. The Morgan fingerprint density at radius 3 is 2.62 bits per heavy atom. The van der Waals surface area contributed by atoms with Crippen LogP contribution in [0.25, 0.3) is 0 Å². The van der Waals surface area contributed by atoms with Gasteiger partial charge in [-0.3, -0.25) is 4.79 Å². The minimum atomic E-state index is -0.537. The predicted molar refractivity (Wildman–Crippen MR) is 64.1 cm³/mol. The summed E-state index contributed by atoms with van der Waals surface area (Å²) in [6, 6.07) is 0.354. The minimum Gasteiger partial charge on any atom is -0.340 e. The molecule has 1 amide bonds. The van der Waals surface area contributed by atoms with E-state index >= 15 is 0 Å². The van der Waals surface area contributed by atoms with Gasteiger partial charge in [0, 0.05) is 19.6 Å². The molecule has 1 heterocycles. The number of hydrogen-bond acceptors (Lipinski definition) is 3. The summed E-state index contributed by atoms with van der Waals surface area (Å²) in [6.07, 6.45) is 5.11. The molecular formula is C12H23N3O. The van der Waals surface area contributed by atoms with Crippen molar-refractivity contribution in [2.24, 2.45) is 5.73 Å². The first-order valence-electron chi connectivity index (χ1n) is 6.28. The summed E-state index contributed by atoms with van der Waals surface area (Å²) >= 11 is 0. The van der Waals surface area contributed by atoms with Crippen LogP contribution in [0.2, 0.25) is 0 Å². The number of rotatable bonds is 2. The largest absolute Gasteiger partial charge is 0.340 e. The Morgan fingerprint density at radius 2 is 2.12 bits per heavy atom. The molecule has 0 bridgehead atoms. The van der Waals surface area contributed by atoms with Crippen LogP contribution in [0.4, 0.5) is 0 Å². The second-order valence-corrected chi connectivity index (χ2v) is 5.48. The molecule has 0 aromatic heterocycles. The van der Waals surface area contributed by atoms with Crippen molar-refractivity contribution in [1.82, 2.24) is 9.80 Å². The Kier molecular flexibility index (Phi) is 3.22. The Hall–Kier alpha value is -0.610. The number of nitrogens with two attached hydrogens (primary N) is 1. The van der Waals surface area contributed by atoms with E-state index in [1.165, 1.54) is 6.42 Å². The molecule has 1 saturated heterocycles. The Balaban J connectivity index is 1.95. The topological polar surface area (TPSA) is 49.6 Å². The van der Waals surface area contributed by atoms with Gasteiger partial charge in [0.15, 0.2) is 0 Å². The van der Waals surface area contributed by atoms with Crippen molar-refractivity contribution in [3.05, 3.63) is 0 Å². The van der Waals surface area contributed by atoms with Gasteiger partial charge >= 0.3 is 0 Å². The highest BCUT2D eigenvalue weighted by Gasteiger charge is 2.43. The third-order valence-corrected chi connectivity index (χ3v) is 4.14. The maximum Gasteiger partial charge on any atom is 0.242 e.